The Morgan fingerprint density at radius 2 is 2.36 bits per heavy atom. The summed E-state index contributed by atoms with van der Waals surface area (Å²) in [7, 11) is 0. The lowest BCUT2D eigenvalue weighted by molar-refractivity contribution is -0.139. The number of rotatable bonds is 1. The molecule has 0 aromatic heterocycles. The first-order chi connectivity index (χ1) is 6.68. The van der Waals surface area contributed by atoms with Crippen molar-refractivity contribution in [2.45, 2.75) is 19.0 Å². The van der Waals surface area contributed by atoms with E-state index in [0.29, 0.717) is 13.0 Å². The van der Waals surface area contributed by atoms with Gasteiger partial charge in [-0.15, -0.1) is 0 Å². The number of benzene rings is 1. The van der Waals surface area contributed by atoms with Crippen molar-refractivity contribution in [1.82, 2.24) is 5.32 Å². The minimum atomic E-state index is -0.807. The highest BCUT2D eigenvalue weighted by Crippen LogP contribution is 2.22. The van der Waals surface area contributed by atoms with E-state index in [1.165, 1.54) is 0 Å². The zero-order chi connectivity index (χ0) is 10.1. The summed E-state index contributed by atoms with van der Waals surface area (Å²) < 4.78 is 0. The number of aliphatic carboxylic acids is 1. The van der Waals surface area contributed by atoms with Crippen molar-refractivity contribution in [3.63, 3.8) is 0 Å². The highest BCUT2D eigenvalue weighted by Gasteiger charge is 2.24. The standard InChI is InChI=1S/C10H12N2O2/c11-8-3-1-2-6-4-9(10(13)14)12-5-7(6)8/h1-3,9,12H,4-5,11H2,(H,13,14)/t9-/m0/s1. The van der Waals surface area contributed by atoms with Gasteiger partial charge < -0.3 is 10.8 Å². The van der Waals surface area contributed by atoms with Gasteiger partial charge in [0.2, 0.25) is 0 Å². The Morgan fingerprint density at radius 3 is 3.07 bits per heavy atom. The maximum Gasteiger partial charge on any atom is 0.321 e. The van der Waals surface area contributed by atoms with Crippen molar-refractivity contribution in [2.24, 2.45) is 0 Å². The van der Waals surface area contributed by atoms with E-state index in [-0.39, 0.29) is 0 Å². The fraction of sp³-hybridized carbons (Fsp3) is 0.300. The number of carboxylic acid groups (broad SMARTS) is 1. The van der Waals surface area contributed by atoms with Gasteiger partial charge in [-0.2, -0.15) is 0 Å². The van der Waals surface area contributed by atoms with Gasteiger partial charge in [0.05, 0.1) is 0 Å². The number of fused-ring (bicyclic) bond motifs is 1. The van der Waals surface area contributed by atoms with Crippen LogP contribution >= 0.6 is 0 Å². The molecule has 1 aromatic carbocycles. The molecule has 1 atom stereocenters. The quantitative estimate of drug-likeness (QED) is 0.562. The molecule has 0 aliphatic carbocycles. The van der Waals surface area contributed by atoms with Crippen molar-refractivity contribution in [3.8, 4) is 0 Å². The van der Waals surface area contributed by atoms with Crippen LogP contribution in [0, 0.1) is 0 Å². The molecule has 0 bridgehead atoms. The summed E-state index contributed by atoms with van der Waals surface area (Å²) in [5.74, 6) is -0.807. The SMILES string of the molecule is Nc1cccc2c1CN[C@H](C(=O)O)C2. The number of hydrogen-bond acceptors (Lipinski definition) is 3. The number of nitrogens with one attached hydrogen (secondary N) is 1. The summed E-state index contributed by atoms with van der Waals surface area (Å²) >= 11 is 0. The van der Waals surface area contributed by atoms with Crippen LogP contribution in [0.3, 0.4) is 0 Å². The molecule has 1 aromatic rings. The summed E-state index contributed by atoms with van der Waals surface area (Å²) in [5, 5.41) is 11.8. The Bertz CT molecular complexity index is 376. The number of carboxylic acids is 1. The van der Waals surface area contributed by atoms with E-state index in [1.807, 2.05) is 18.2 Å². The molecule has 4 N–H and O–H groups in total. The summed E-state index contributed by atoms with van der Waals surface area (Å²) in [6.07, 6.45) is 0.510. The molecule has 4 nitrogen and oxygen atoms in total. The zero-order valence-corrected chi connectivity index (χ0v) is 7.66. The van der Waals surface area contributed by atoms with Gasteiger partial charge >= 0.3 is 5.97 Å². The molecular weight excluding hydrogens is 180 g/mol. The van der Waals surface area contributed by atoms with Gasteiger partial charge in [-0.1, -0.05) is 12.1 Å². The van der Waals surface area contributed by atoms with E-state index >= 15 is 0 Å². The summed E-state index contributed by atoms with van der Waals surface area (Å²) in [5.41, 5.74) is 8.58. The van der Waals surface area contributed by atoms with Crippen molar-refractivity contribution < 1.29 is 9.90 Å². The Morgan fingerprint density at radius 1 is 1.57 bits per heavy atom. The van der Waals surface area contributed by atoms with E-state index in [4.69, 9.17) is 10.8 Å². The van der Waals surface area contributed by atoms with E-state index in [1.54, 1.807) is 0 Å². The van der Waals surface area contributed by atoms with Gasteiger partial charge in [0.15, 0.2) is 0 Å². The fourth-order valence-corrected chi connectivity index (χ4v) is 1.75. The molecule has 2 rings (SSSR count). The predicted molar refractivity (Wildman–Crippen MR) is 52.8 cm³/mol. The van der Waals surface area contributed by atoms with Crippen LogP contribution in [0.25, 0.3) is 0 Å². The molecule has 0 saturated heterocycles. The van der Waals surface area contributed by atoms with Gasteiger partial charge in [-0.3, -0.25) is 10.1 Å². The predicted octanol–water partition coefficient (Wildman–Crippen LogP) is 0.368. The fourth-order valence-electron chi connectivity index (χ4n) is 1.75. The molecule has 74 valence electrons. The van der Waals surface area contributed by atoms with Crippen LogP contribution in [0.2, 0.25) is 0 Å². The van der Waals surface area contributed by atoms with Gasteiger partial charge in [-0.25, -0.2) is 0 Å². The first-order valence-electron chi connectivity index (χ1n) is 4.51. The van der Waals surface area contributed by atoms with Crippen molar-refractivity contribution in [3.05, 3.63) is 29.3 Å². The van der Waals surface area contributed by atoms with Crippen LogP contribution in [0.5, 0.6) is 0 Å². The molecule has 0 radical (unpaired) electrons. The number of nitrogens with two attached hydrogens (primary N) is 1. The summed E-state index contributed by atoms with van der Waals surface area (Å²) in [4.78, 5) is 10.8. The van der Waals surface area contributed by atoms with Crippen molar-refractivity contribution in [1.29, 1.82) is 0 Å². The topological polar surface area (TPSA) is 75.3 Å². The molecule has 1 aliphatic rings. The van der Waals surface area contributed by atoms with Crippen LogP contribution in [-0.4, -0.2) is 17.1 Å². The second kappa shape index (κ2) is 3.31. The third-order valence-corrected chi connectivity index (χ3v) is 2.56. The molecule has 0 unspecified atom stereocenters. The lowest BCUT2D eigenvalue weighted by Gasteiger charge is -2.24. The van der Waals surface area contributed by atoms with Crippen LogP contribution in [0.4, 0.5) is 5.69 Å². The first kappa shape index (κ1) is 9.02. The maximum absolute atomic E-state index is 10.8. The number of carbonyl (C=O) groups is 1. The van der Waals surface area contributed by atoms with E-state index in [2.05, 4.69) is 5.32 Å². The molecule has 1 aliphatic heterocycles. The molecular formula is C10H12N2O2. The Labute approximate surface area is 81.7 Å². The molecule has 0 spiro atoms. The smallest absolute Gasteiger partial charge is 0.321 e. The van der Waals surface area contributed by atoms with E-state index < -0.39 is 12.0 Å². The molecule has 4 heteroatoms. The molecule has 1 heterocycles. The van der Waals surface area contributed by atoms with Crippen LogP contribution in [0.1, 0.15) is 11.1 Å². The molecule has 0 amide bonds. The minimum absolute atomic E-state index is 0.482. The zero-order valence-electron chi connectivity index (χ0n) is 7.66. The maximum atomic E-state index is 10.8. The monoisotopic (exact) mass is 192 g/mol. The number of nitrogen functional groups attached to an aromatic ring is 1. The Kier molecular flexibility index (Phi) is 2.13. The third kappa shape index (κ3) is 1.44. The average molecular weight is 192 g/mol. The second-order valence-electron chi connectivity index (χ2n) is 3.46. The average Bonchev–Trinajstić information content (AvgIpc) is 2.17. The Hall–Kier alpha value is -1.55. The third-order valence-electron chi connectivity index (χ3n) is 2.56. The Balaban J connectivity index is 2.31. The van der Waals surface area contributed by atoms with Crippen LogP contribution in [-0.2, 0) is 17.8 Å². The minimum Gasteiger partial charge on any atom is -0.480 e. The molecule has 14 heavy (non-hydrogen) atoms. The largest absolute Gasteiger partial charge is 0.480 e. The normalized spacial score (nSPS) is 20.1. The highest BCUT2D eigenvalue weighted by atomic mass is 16.4. The van der Waals surface area contributed by atoms with E-state index in [9.17, 15) is 4.79 Å². The first-order valence-corrected chi connectivity index (χ1v) is 4.51. The van der Waals surface area contributed by atoms with Gasteiger partial charge in [0, 0.05) is 12.2 Å². The van der Waals surface area contributed by atoms with Crippen LogP contribution in [0.15, 0.2) is 18.2 Å². The number of anilines is 1. The van der Waals surface area contributed by atoms with Crippen molar-refractivity contribution >= 4 is 11.7 Å². The number of hydrogen-bond donors (Lipinski definition) is 3. The lowest BCUT2D eigenvalue weighted by Crippen LogP contribution is -2.41. The van der Waals surface area contributed by atoms with Gasteiger partial charge in [-0.05, 0) is 23.6 Å². The second-order valence-corrected chi connectivity index (χ2v) is 3.46. The van der Waals surface area contributed by atoms with E-state index in [0.717, 1.165) is 16.8 Å². The van der Waals surface area contributed by atoms with Crippen molar-refractivity contribution in [2.75, 3.05) is 5.73 Å². The summed E-state index contributed by atoms with van der Waals surface area (Å²) in [6.45, 7) is 0.541. The highest BCUT2D eigenvalue weighted by molar-refractivity contribution is 5.74. The summed E-state index contributed by atoms with van der Waals surface area (Å²) in [6, 6.07) is 5.15. The molecule has 0 saturated carbocycles. The van der Waals surface area contributed by atoms with Crippen LogP contribution < -0.4 is 11.1 Å². The van der Waals surface area contributed by atoms with Gasteiger partial charge in [0.1, 0.15) is 6.04 Å². The lowest BCUT2D eigenvalue weighted by atomic mass is 9.95. The molecule has 0 fully saturated rings. The van der Waals surface area contributed by atoms with Gasteiger partial charge in [0.25, 0.3) is 0 Å².